The number of rotatable bonds is 4. The molecule has 1 aromatic heterocycles. The number of benzene rings is 1. The Labute approximate surface area is 119 Å². The van der Waals surface area contributed by atoms with E-state index >= 15 is 0 Å². The van der Waals surface area contributed by atoms with Gasteiger partial charge in [0.05, 0.1) is 6.42 Å². The molecule has 1 aromatic carbocycles. The summed E-state index contributed by atoms with van der Waals surface area (Å²) >= 11 is 0. The molecule has 106 valence electrons. The molecule has 2 rings (SSSR count). The zero-order chi connectivity index (χ0) is 14.6. The number of carbonyl (C=O) groups is 1. The highest BCUT2D eigenvalue weighted by atomic mass is 16.6. The van der Waals surface area contributed by atoms with Crippen molar-refractivity contribution in [3.8, 4) is 11.4 Å². The highest BCUT2D eigenvalue weighted by Gasteiger charge is 2.16. The SMILES string of the molecule is CC(C)(C)OC(=O)CCn1ccnc1-c1ccccc1. The van der Waals surface area contributed by atoms with Crippen molar-refractivity contribution in [3.05, 3.63) is 42.7 Å². The van der Waals surface area contributed by atoms with Crippen LogP contribution in [0.2, 0.25) is 0 Å². The van der Waals surface area contributed by atoms with Crippen LogP contribution in [0, 0.1) is 0 Å². The van der Waals surface area contributed by atoms with Gasteiger partial charge in [-0.3, -0.25) is 4.79 Å². The third-order valence-corrected chi connectivity index (χ3v) is 2.72. The molecule has 0 spiro atoms. The minimum absolute atomic E-state index is 0.190. The van der Waals surface area contributed by atoms with Crippen molar-refractivity contribution in [1.82, 2.24) is 9.55 Å². The summed E-state index contributed by atoms with van der Waals surface area (Å²) in [6, 6.07) is 9.93. The topological polar surface area (TPSA) is 44.1 Å². The molecule has 0 N–H and O–H groups in total. The molecular formula is C16H20N2O2. The summed E-state index contributed by atoms with van der Waals surface area (Å²) in [6.45, 7) is 6.19. The third-order valence-electron chi connectivity index (χ3n) is 2.72. The van der Waals surface area contributed by atoms with E-state index < -0.39 is 5.60 Å². The van der Waals surface area contributed by atoms with Crippen LogP contribution in [-0.2, 0) is 16.1 Å². The van der Waals surface area contributed by atoms with Gasteiger partial charge in [-0.25, -0.2) is 4.98 Å². The molecule has 4 heteroatoms. The summed E-state index contributed by atoms with van der Waals surface area (Å²) in [7, 11) is 0. The second-order valence-corrected chi connectivity index (χ2v) is 5.65. The van der Waals surface area contributed by atoms with E-state index in [9.17, 15) is 4.79 Å². The first-order valence-electron chi connectivity index (χ1n) is 6.74. The fourth-order valence-electron chi connectivity index (χ4n) is 1.94. The van der Waals surface area contributed by atoms with E-state index in [1.54, 1.807) is 6.20 Å². The van der Waals surface area contributed by atoms with Gasteiger partial charge in [0, 0.05) is 24.5 Å². The van der Waals surface area contributed by atoms with Gasteiger partial charge < -0.3 is 9.30 Å². The maximum absolute atomic E-state index is 11.7. The molecule has 0 atom stereocenters. The van der Waals surface area contributed by atoms with Crippen molar-refractivity contribution in [2.24, 2.45) is 0 Å². The molecule has 0 amide bonds. The Morgan fingerprint density at radius 2 is 1.95 bits per heavy atom. The van der Waals surface area contributed by atoms with Crippen LogP contribution in [0.25, 0.3) is 11.4 Å². The normalized spacial score (nSPS) is 11.3. The van der Waals surface area contributed by atoms with Crippen molar-refractivity contribution in [3.63, 3.8) is 0 Å². The van der Waals surface area contributed by atoms with Crippen LogP contribution >= 0.6 is 0 Å². The van der Waals surface area contributed by atoms with Gasteiger partial charge in [0.15, 0.2) is 0 Å². The summed E-state index contributed by atoms with van der Waals surface area (Å²) < 4.78 is 7.28. The summed E-state index contributed by atoms with van der Waals surface area (Å²) in [5, 5.41) is 0. The maximum atomic E-state index is 11.7. The third kappa shape index (κ3) is 3.95. The van der Waals surface area contributed by atoms with Gasteiger partial charge >= 0.3 is 5.97 Å². The molecule has 4 nitrogen and oxygen atoms in total. The second-order valence-electron chi connectivity index (χ2n) is 5.65. The van der Waals surface area contributed by atoms with Crippen molar-refractivity contribution < 1.29 is 9.53 Å². The van der Waals surface area contributed by atoms with Crippen molar-refractivity contribution >= 4 is 5.97 Å². The van der Waals surface area contributed by atoms with Crippen LogP contribution < -0.4 is 0 Å². The minimum atomic E-state index is -0.436. The van der Waals surface area contributed by atoms with Gasteiger partial charge in [0.25, 0.3) is 0 Å². The van der Waals surface area contributed by atoms with Gasteiger partial charge in [-0.05, 0) is 20.8 Å². The number of carbonyl (C=O) groups excluding carboxylic acids is 1. The Balaban J connectivity index is 2.02. The predicted octanol–water partition coefficient (Wildman–Crippen LogP) is 3.28. The van der Waals surface area contributed by atoms with Gasteiger partial charge in [-0.2, -0.15) is 0 Å². The molecule has 20 heavy (non-hydrogen) atoms. The molecule has 0 fully saturated rings. The molecule has 0 unspecified atom stereocenters. The quantitative estimate of drug-likeness (QED) is 0.802. The van der Waals surface area contributed by atoms with Gasteiger partial charge in [-0.1, -0.05) is 30.3 Å². The van der Waals surface area contributed by atoms with Crippen molar-refractivity contribution in [2.45, 2.75) is 39.3 Å². The first-order valence-corrected chi connectivity index (χ1v) is 6.74. The molecule has 0 saturated heterocycles. The van der Waals surface area contributed by atoms with E-state index in [0.29, 0.717) is 13.0 Å². The van der Waals surface area contributed by atoms with Crippen LogP contribution in [-0.4, -0.2) is 21.1 Å². The minimum Gasteiger partial charge on any atom is -0.460 e. The zero-order valence-electron chi connectivity index (χ0n) is 12.2. The molecule has 0 radical (unpaired) electrons. The molecular weight excluding hydrogens is 252 g/mol. The fraction of sp³-hybridized carbons (Fsp3) is 0.375. The lowest BCUT2D eigenvalue weighted by Gasteiger charge is -2.19. The Bertz CT molecular complexity index is 568. The Kier molecular flexibility index (Phi) is 4.23. The van der Waals surface area contributed by atoms with E-state index in [-0.39, 0.29) is 5.97 Å². The zero-order valence-corrected chi connectivity index (χ0v) is 12.2. The number of hydrogen-bond acceptors (Lipinski definition) is 3. The molecule has 0 aliphatic carbocycles. The number of esters is 1. The molecule has 2 aromatic rings. The van der Waals surface area contributed by atoms with E-state index in [1.165, 1.54) is 0 Å². The first kappa shape index (κ1) is 14.3. The second kappa shape index (κ2) is 5.90. The van der Waals surface area contributed by atoms with Crippen molar-refractivity contribution in [1.29, 1.82) is 0 Å². The van der Waals surface area contributed by atoms with E-state index in [2.05, 4.69) is 4.98 Å². The number of imidazole rings is 1. The van der Waals surface area contributed by atoms with Crippen LogP contribution in [0.1, 0.15) is 27.2 Å². The van der Waals surface area contributed by atoms with Crippen molar-refractivity contribution in [2.75, 3.05) is 0 Å². The molecule has 0 aliphatic rings. The van der Waals surface area contributed by atoms with E-state index in [1.807, 2.05) is 61.9 Å². The summed E-state index contributed by atoms with van der Waals surface area (Å²) in [6.07, 6.45) is 3.97. The van der Waals surface area contributed by atoms with Crippen LogP contribution in [0.5, 0.6) is 0 Å². The summed E-state index contributed by atoms with van der Waals surface area (Å²) in [5.41, 5.74) is 0.607. The van der Waals surface area contributed by atoms with Crippen LogP contribution in [0.15, 0.2) is 42.7 Å². The van der Waals surface area contributed by atoms with Gasteiger partial charge in [-0.15, -0.1) is 0 Å². The van der Waals surface area contributed by atoms with Gasteiger partial charge in [0.1, 0.15) is 11.4 Å². The number of hydrogen-bond donors (Lipinski definition) is 0. The summed E-state index contributed by atoms with van der Waals surface area (Å²) in [4.78, 5) is 16.1. The molecule has 0 aliphatic heterocycles. The average molecular weight is 272 g/mol. The predicted molar refractivity (Wildman–Crippen MR) is 78.1 cm³/mol. The Hall–Kier alpha value is -2.10. The van der Waals surface area contributed by atoms with E-state index in [4.69, 9.17) is 4.74 Å². The van der Waals surface area contributed by atoms with E-state index in [0.717, 1.165) is 11.4 Å². The molecule has 0 saturated carbocycles. The number of ether oxygens (including phenoxy) is 1. The maximum Gasteiger partial charge on any atom is 0.308 e. The Morgan fingerprint density at radius 3 is 2.60 bits per heavy atom. The van der Waals surface area contributed by atoms with Gasteiger partial charge in [0.2, 0.25) is 0 Å². The lowest BCUT2D eigenvalue weighted by Crippen LogP contribution is -2.24. The first-order chi connectivity index (χ1) is 9.46. The largest absolute Gasteiger partial charge is 0.460 e. The number of nitrogens with zero attached hydrogens (tertiary/aromatic N) is 2. The lowest BCUT2D eigenvalue weighted by molar-refractivity contribution is -0.155. The monoisotopic (exact) mass is 272 g/mol. The molecule has 1 heterocycles. The van der Waals surface area contributed by atoms with Crippen LogP contribution in [0.3, 0.4) is 0 Å². The summed E-state index contributed by atoms with van der Waals surface area (Å²) in [5.74, 6) is 0.680. The Morgan fingerprint density at radius 1 is 1.25 bits per heavy atom. The molecule has 0 bridgehead atoms. The fourth-order valence-corrected chi connectivity index (χ4v) is 1.94. The van der Waals surface area contributed by atoms with Crippen LogP contribution in [0.4, 0.5) is 0 Å². The number of aryl methyl sites for hydroxylation is 1. The lowest BCUT2D eigenvalue weighted by atomic mass is 10.2. The highest BCUT2D eigenvalue weighted by molar-refractivity contribution is 5.69. The smallest absolute Gasteiger partial charge is 0.308 e. The number of aromatic nitrogens is 2. The average Bonchev–Trinajstić information content (AvgIpc) is 2.83. The highest BCUT2D eigenvalue weighted by Crippen LogP contribution is 2.17. The standard InChI is InChI=1S/C16H20N2O2/c1-16(2,3)20-14(19)9-11-18-12-10-17-15(18)13-7-5-4-6-8-13/h4-8,10,12H,9,11H2,1-3H3.